The molecule has 0 radical (unpaired) electrons. The Morgan fingerprint density at radius 2 is 1.89 bits per heavy atom. The third-order valence-electron chi connectivity index (χ3n) is 4.45. The van der Waals surface area contributed by atoms with Gasteiger partial charge in [0.15, 0.2) is 0 Å². The van der Waals surface area contributed by atoms with Gasteiger partial charge in [-0.25, -0.2) is 4.68 Å². The molecule has 0 aliphatic carbocycles. The van der Waals surface area contributed by atoms with Crippen LogP contribution in [0.3, 0.4) is 0 Å². The van der Waals surface area contributed by atoms with E-state index in [-0.39, 0.29) is 6.04 Å². The summed E-state index contributed by atoms with van der Waals surface area (Å²) in [6.07, 6.45) is 8.22. The van der Waals surface area contributed by atoms with E-state index in [0.29, 0.717) is 6.54 Å². The highest BCUT2D eigenvalue weighted by Gasteiger charge is 2.06. The van der Waals surface area contributed by atoms with Crippen LogP contribution in [0.2, 0.25) is 5.02 Å². The van der Waals surface area contributed by atoms with E-state index < -0.39 is 0 Å². The summed E-state index contributed by atoms with van der Waals surface area (Å²) in [5.41, 5.74) is 9.37. The highest BCUT2D eigenvalue weighted by atomic mass is 35.5. The smallest absolute Gasteiger partial charge is 0.0731 e. The van der Waals surface area contributed by atoms with E-state index in [2.05, 4.69) is 27.5 Å². The summed E-state index contributed by atoms with van der Waals surface area (Å²) in [4.78, 5) is 4.14. The summed E-state index contributed by atoms with van der Waals surface area (Å²) < 4.78 is 1.85. The standard InChI is InChI=1S/C21H20ClN5/c22-18-4-1-15(2-5-18)9-19(23)12-25-20-13-26-27(14-20)21-6-3-17-11-24-8-7-16(17)10-21/h1-8,10-11,13-14,19,25H,9,12,23H2/t19-/m0/s1. The molecule has 0 aliphatic rings. The number of aromatic nitrogens is 3. The fraction of sp³-hybridized carbons (Fsp3) is 0.143. The Morgan fingerprint density at radius 3 is 2.74 bits per heavy atom. The zero-order valence-corrected chi connectivity index (χ0v) is 15.5. The molecule has 0 fully saturated rings. The van der Waals surface area contributed by atoms with Crippen LogP contribution in [0, 0.1) is 0 Å². The highest BCUT2D eigenvalue weighted by Crippen LogP contribution is 2.18. The molecule has 4 rings (SSSR count). The predicted molar refractivity (Wildman–Crippen MR) is 110 cm³/mol. The number of fused-ring (bicyclic) bond motifs is 1. The number of nitrogens with zero attached hydrogens (tertiary/aromatic N) is 3. The van der Waals surface area contributed by atoms with Gasteiger partial charge in [-0.3, -0.25) is 4.98 Å². The average molecular weight is 378 g/mol. The van der Waals surface area contributed by atoms with Crippen molar-refractivity contribution in [3.8, 4) is 5.69 Å². The lowest BCUT2D eigenvalue weighted by Gasteiger charge is -2.12. The van der Waals surface area contributed by atoms with Gasteiger partial charge < -0.3 is 11.1 Å². The summed E-state index contributed by atoms with van der Waals surface area (Å²) >= 11 is 5.92. The molecule has 0 spiro atoms. The van der Waals surface area contributed by atoms with Gasteiger partial charge in [0.1, 0.15) is 0 Å². The Kier molecular flexibility index (Phi) is 5.05. The molecule has 1 atom stereocenters. The molecule has 0 aliphatic heterocycles. The van der Waals surface area contributed by atoms with Crippen LogP contribution in [0.5, 0.6) is 0 Å². The van der Waals surface area contributed by atoms with Crippen LogP contribution in [-0.2, 0) is 6.42 Å². The van der Waals surface area contributed by atoms with E-state index in [1.54, 1.807) is 6.20 Å². The van der Waals surface area contributed by atoms with E-state index >= 15 is 0 Å². The highest BCUT2D eigenvalue weighted by molar-refractivity contribution is 6.30. The van der Waals surface area contributed by atoms with Gasteiger partial charge in [0.25, 0.3) is 0 Å². The Bertz CT molecular complexity index is 1040. The number of hydrogen-bond acceptors (Lipinski definition) is 4. The lowest BCUT2D eigenvalue weighted by Crippen LogP contribution is -2.31. The molecule has 3 N–H and O–H groups in total. The molecule has 27 heavy (non-hydrogen) atoms. The fourth-order valence-corrected chi connectivity index (χ4v) is 3.14. The fourth-order valence-electron chi connectivity index (χ4n) is 3.01. The summed E-state index contributed by atoms with van der Waals surface area (Å²) in [7, 11) is 0. The van der Waals surface area contributed by atoms with E-state index in [1.165, 1.54) is 5.56 Å². The maximum atomic E-state index is 6.24. The molecule has 4 aromatic rings. The molecule has 136 valence electrons. The SMILES string of the molecule is N[C@H](CNc1cnn(-c2ccc3cnccc3c2)c1)Cc1ccc(Cl)cc1. The third-order valence-corrected chi connectivity index (χ3v) is 4.70. The second-order valence-corrected chi connectivity index (χ2v) is 6.99. The number of halogens is 1. The minimum atomic E-state index is 0.00249. The van der Waals surface area contributed by atoms with Crippen LogP contribution in [0.1, 0.15) is 5.56 Å². The number of hydrogen-bond donors (Lipinski definition) is 2. The Labute approximate surface area is 162 Å². The van der Waals surface area contributed by atoms with Crippen LogP contribution in [0.15, 0.2) is 73.3 Å². The quantitative estimate of drug-likeness (QED) is 0.531. The summed E-state index contributed by atoms with van der Waals surface area (Å²) in [6.45, 7) is 0.664. The minimum absolute atomic E-state index is 0.00249. The molecule has 6 heteroatoms. The number of anilines is 1. The Balaban J connectivity index is 1.39. The molecule has 0 unspecified atom stereocenters. The van der Waals surface area contributed by atoms with Crippen molar-refractivity contribution >= 4 is 28.1 Å². The predicted octanol–water partition coefficient (Wildman–Crippen LogP) is 4.06. The first-order valence-corrected chi connectivity index (χ1v) is 9.18. The number of pyridine rings is 1. The lowest BCUT2D eigenvalue weighted by atomic mass is 10.1. The first kappa shape index (κ1) is 17.5. The topological polar surface area (TPSA) is 68.8 Å². The molecule has 0 saturated heterocycles. The zero-order valence-electron chi connectivity index (χ0n) is 14.7. The van der Waals surface area contributed by atoms with Crippen LogP contribution >= 0.6 is 11.6 Å². The van der Waals surface area contributed by atoms with E-state index in [4.69, 9.17) is 17.3 Å². The van der Waals surface area contributed by atoms with Crippen LogP contribution in [0.4, 0.5) is 5.69 Å². The average Bonchev–Trinajstić information content (AvgIpc) is 3.17. The van der Waals surface area contributed by atoms with Gasteiger partial charge in [-0.15, -0.1) is 0 Å². The van der Waals surface area contributed by atoms with Crippen molar-refractivity contribution in [3.05, 3.63) is 83.9 Å². The van der Waals surface area contributed by atoms with E-state index in [9.17, 15) is 0 Å². The summed E-state index contributed by atoms with van der Waals surface area (Å²) in [5.74, 6) is 0. The van der Waals surface area contributed by atoms with Crippen molar-refractivity contribution in [3.63, 3.8) is 0 Å². The molecular formula is C21H20ClN5. The molecule has 0 saturated carbocycles. The van der Waals surface area contributed by atoms with Crippen molar-refractivity contribution < 1.29 is 0 Å². The van der Waals surface area contributed by atoms with E-state index in [0.717, 1.165) is 33.6 Å². The van der Waals surface area contributed by atoms with Crippen molar-refractivity contribution in [2.45, 2.75) is 12.5 Å². The van der Waals surface area contributed by atoms with E-state index in [1.807, 2.05) is 59.7 Å². The van der Waals surface area contributed by atoms with Crippen molar-refractivity contribution in [2.24, 2.45) is 5.73 Å². The minimum Gasteiger partial charge on any atom is -0.381 e. The molecular weight excluding hydrogens is 358 g/mol. The first-order valence-electron chi connectivity index (χ1n) is 8.80. The number of nitrogens with one attached hydrogen (secondary N) is 1. The largest absolute Gasteiger partial charge is 0.381 e. The van der Waals surface area contributed by atoms with Gasteiger partial charge in [0.2, 0.25) is 0 Å². The van der Waals surface area contributed by atoms with Crippen LogP contribution in [0.25, 0.3) is 16.5 Å². The maximum absolute atomic E-state index is 6.24. The number of rotatable bonds is 6. The first-order chi connectivity index (χ1) is 13.2. The molecule has 2 aromatic carbocycles. The third kappa shape index (κ3) is 4.27. The lowest BCUT2D eigenvalue weighted by molar-refractivity contribution is 0.699. The Hall–Kier alpha value is -2.89. The normalized spacial score (nSPS) is 12.2. The van der Waals surface area contributed by atoms with Gasteiger partial charge in [-0.1, -0.05) is 29.8 Å². The molecule has 0 amide bonds. The van der Waals surface area contributed by atoms with Gasteiger partial charge in [0, 0.05) is 35.4 Å². The molecule has 5 nitrogen and oxygen atoms in total. The second kappa shape index (κ2) is 7.78. The second-order valence-electron chi connectivity index (χ2n) is 6.55. The Morgan fingerprint density at radius 1 is 1.04 bits per heavy atom. The van der Waals surface area contributed by atoms with Crippen LogP contribution in [-0.4, -0.2) is 27.4 Å². The maximum Gasteiger partial charge on any atom is 0.0731 e. The van der Waals surface area contributed by atoms with Gasteiger partial charge in [-0.05, 0) is 47.7 Å². The monoisotopic (exact) mass is 377 g/mol. The van der Waals surface area contributed by atoms with Gasteiger partial charge >= 0.3 is 0 Å². The number of nitrogens with two attached hydrogens (primary N) is 1. The molecule has 0 bridgehead atoms. The molecule has 2 heterocycles. The number of benzene rings is 2. The summed E-state index contributed by atoms with van der Waals surface area (Å²) in [5, 5.41) is 10.8. The van der Waals surface area contributed by atoms with Crippen molar-refractivity contribution in [1.82, 2.24) is 14.8 Å². The summed E-state index contributed by atoms with van der Waals surface area (Å²) in [6, 6.07) is 16.0. The van der Waals surface area contributed by atoms with Crippen LogP contribution < -0.4 is 11.1 Å². The molecule has 2 aromatic heterocycles. The van der Waals surface area contributed by atoms with Crippen molar-refractivity contribution in [2.75, 3.05) is 11.9 Å². The zero-order chi connectivity index (χ0) is 18.6. The van der Waals surface area contributed by atoms with Gasteiger partial charge in [-0.2, -0.15) is 5.10 Å². The van der Waals surface area contributed by atoms with Gasteiger partial charge in [0.05, 0.1) is 23.8 Å². The van der Waals surface area contributed by atoms with Crippen molar-refractivity contribution in [1.29, 1.82) is 0 Å².